The Hall–Kier alpha value is -1.31. The van der Waals surface area contributed by atoms with Crippen molar-refractivity contribution in [3.63, 3.8) is 0 Å². The minimum Gasteiger partial charge on any atom is -0.468 e. The van der Waals surface area contributed by atoms with Gasteiger partial charge in [0.1, 0.15) is 10.5 Å². The van der Waals surface area contributed by atoms with Crippen molar-refractivity contribution in [3.05, 3.63) is 35.9 Å². The molecule has 0 bridgehead atoms. The number of benzene rings is 1. The van der Waals surface area contributed by atoms with Gasteiger partial charge in [0.05, 0.1) is 7.11 Å². The van der Waals surface area contributed by atoms with Crippen LogP contribution in [0, 0.1) is 0 Å². The fourth-order valence-electron chi connectivity index (χ4n) is 1.89. The summed E-state index contributed by atoms with van der Waals surface area (Å²) in [5.74, 6) is -0.205. The summed E-state index contributed by atoms with van der Waals surface area (Å²) in [6.07, 6.45) is 1.94. The first-order valence-electron chi connectivity index (χ1n) is 7.22. The lowest BCUT2D eigenvalue weighted by Gasteiger charge is -2.14. The topological polar surface area (TPSA) is 64.6 Å². The molecule has 0 heterocycles. The lowest BCUT2D eigenvalue weighted by molar-refractivity contribution is -0.139. The van der Waals surface area contributed by atoms with Crippen molar-refractivity contribution in [1.82, 2.24) is 5.32 Å². The molecule has 22 heavy (non-hydrogen) atoms. The Balaban J connectivity index is 2.17. The van der Waals surface area contributed by atoms with Gasteiger partial charge in [-0.2, -0.15) is 0 Å². The quantitative estimate of drug-likeness (QED) is 0.398. The van der Waals surface area contributed by atoms with E-state index in [-0.39, 0.29) is 22.5 Å². The highest BCUT2D eigenvalue weighted by atomic mass is 127. The van der Waals surface area contributed by atoms with E-state index in [4.69, 9.17) is 4.74 Å². The maximum absolute atomic E-state index is 11.7. The third kappa shape index (κ3) is 7.63. The maximum atomic E-state index is 11.7. The summed E-state index contributed by atoms with van der Waals surface area (Å²) >= 11 is 2.07. The highest BCUT2D eigenvalue weighted by molar-refractivity contribution is 14.1. The Bertz CT molecular complexity index is 466. The Kier molecular flexibility index (Phi) is 8.88. The van der Waals surface area contributed by atoms with Crippen LogP contribution in [-0.4, -0.2) is 29.1 Å². The van der Waals surface area contributed by atoms with E-state index in [0.29, 0.717) is 0 Å². The van der Waals surface area contributed by atoms with Crippen LogP contribution in [0.3, 0.4) is 0 Å². The molecule has 1 rings (SSSR count). The first kappa shape index (κ1) is 18.7. The molecular weight excluding hydrogens is 397 g/mol. The number of hydrogen-bond acceptors (Lipinski definition) is 4. The van der Waals surface area contributed by atoms with Crippen LogP contribution in [0.1, 0.15) is 31.7 Å². The van der Waals surface area contributed by atoms with Crippen LogP contribution < -0.4 is 5.32 Å². The monoisotopic (exact) mass is 419 g/mol. The van der Waals surface area contributed by atoms with Gasteiger partial charge in [-0.3, -0.25) is 4.79 Å². The van der Waals surface area contributed by atoms with Gasteiger partial charge in [-0.1, -0.05) is 52.9 Å². The van der Waals surface area contributed by atoms with E-state index in [1.54, 1.807) is 0 Å². The Morgan fingerprint density at radius 2 is 1.91 bits per heavy atom. The number of alkyl carbamates (subject to hydrolysis) is 1. The van der Waals surface area contributed by atoms with Gasteiger partial charge in [-0.25, -0.2) is 4.79 Å². The van der Waals surface area contributed by atoms with Gasteiger partial charge in [-0.05, 0) is 31.7 Å². The summed E-state index contributed by atoms with van der Waals surface area (Å²) in [6, 6.07) is 9.54. The zero-order valence-corrected chi connectivity index (χ0v) is 15.0. The number of nitrogens with one attached hydrogen (secondary N) is 1. The largest absolute Gasteiger partial charge is 0.468 e. The lowest BCUT2D eigenvalue weighted by atomic mass is 10.1. The normalized spacial score (nSPS) is 13.0. The first-order valence-corrected chi connectivity index (χ1v) is 8.46. The van der Waals surface area contributed by atoms with Gasteiger partial charge >= 0.3 is 12.1 Å². The average molecular weight is 419 g/mol. The second-order valence-corrected chi connectivity index (χ2v) is 6.53. The van der Waals surface area contributed by atoms with Crippen molar-refractivity contribution in [2.45, 2.75) is 42.8 Å². The molecule has 0 aromatic heterocycles. The fourth-order valence-corrected chi connectivity index (χ4v) is 2.58. The summed E-state index contributed by atoms with van der Waals surface area (Å²) in [6.45, 7) is 2.18. The minimum atomic E-state index is -0.421. The Morgan fingerprint density at radius 1 is 1.23 bits per heavy atom. The van der Waals surface area contributed by atoms with Gasteiger partial charge in [0, 0.05) is 6.04 Å². The molecule has 0 spiro atoms. The lowest BCUT2D eigenvalue weighted by Crippen LogP contribution is -2.33. The van der Waals surface area contributed by atoms with Crippen molar-refractivity contribution in [1.29, 1.82) is 0 Å². The third-order valence-electron chi connectivity index (χ3n) is 3.13. The van der Waals surface area contributed by atoms with Crippen LogP contribution in [0.4, 0.5) is 4.79 Å². The van der Waals surface area contributed by atoms with Crippen molar-refractivity contribution in [3.8, 4) is 0 Å². The molecule has 5 nitrogen and oxygen atoms in total. The van der Waals surface area contributed by atoms with Gasteiger partial charge in [0.25, 0.3) is 0 Å². The molecule has 0 saturated heterocycles. The number of halogens is 1. The fraction of sp³-hybridized carbons (Fsp3) is 0.500. The van der Waals surface area contributed by atoms with Crippen LogP contribution in [0.2, 0.25) is 0 Å². The van der Waals surface area contributed by atoms with E-state index in [1.165, 1.54) is 7.11 Å². The predicted molar refractivity (Wildman–Crippen MR) is 92.9 cm³/mol. The molecule has 0 saturated carbocycles. The number of carbonyl (C=O) groups is 2. The molecular formula is C16H22INO4. The van der Waals surface area contributed by atoms with Crippen LogP contribution in [0.15, 0.2) is 30.3 Å². The average Bonchev–Trinajstić information content (AvgIpc) is 2.53. The van der Waals surface area contributed by atoms with E-state index < -0.39 is 6.09 Å². The molecule has 2 atom stereocenters. The minimum absolute atomic E-state index is 0.00419. The summed E-state index contributed by atoms with van der Waals surface area (Å²) in [5.41, 5.74) is 0.955. The number of hydrogen-bond donors (Lipinski definition) is 1. The Morgan fingerprint density at radius 3 is 2.55 bits per heavy atom. The zero-order valence-electron chi connectivity index (χ0n) is 12.9. The summed E-state index contributed by atoms with van der Waals surface area (Å²) in [7, 11) is 1.39. The van der Waals surface area contributed by atoms with Crippen LogP contribution in [0.25, 0.3) is 0 Å². The molecule has 6 heteroatoms. The maximum Gasteiger partial charge on any atom is 0.407 e. The molecule has 0 radical (unpaired) electrons. The van der Waals surface area contributed by atoms with E-state index >= 15 is 0 Å². The summed E-state index contributed by atoms with van der Waals surface area (Å²) in [5, 5.41) is 2.79. The number of alkyl halides is 1. The molecule has 1 amide bonds. The smallest absolute Gasteiger partial charge is 0.407 e. The molecule has 1 aromatic carbocycles. The molecule has 0 aliphatic carbocycles. The van der Waals surface area contributed by atoms with E-state index in [1.807, 2.05) is 37.3 Å². The second-order valence-electron chi connectivity index (χ2n) is 5.03. The van der Waals surface area contributed by atoms with Gasteiger partial charge in [0.2, 0.25) is 0 Å². The summed E-state index contributed by atoms with van der Waals surface area (Å²) < 4.78 is 9.69. The summed E-state index contributed by atoms with van der Waals surface area (Å²) in [4.78, 5) is 22.9. The van der Waals surface area contributed by atoms with Crippen LogP contribution in [-0.2, 0) is 20.9 Å². The van der Waals surface area contributed by atoms with Crippen molar-refractivity contribution in [2.75, 3.05) is 7.11 Å². The van der Waals surface area contributed by atoms with Crippen molar-refractivity contribution in [2.24, 2.45) is 0 Å². The number of carbonyl (C=O) groups excluding carboxylic acids is 2. The van der Waals surface area contributed by atoms with Crippen LogP contribution in [0.5, 0.6) is 0 Å². The highest BCUT2D eigenvalue weighted by Gasteiger charge is 2.15. The zero-order chi connectivity index (χ0) is 16.4. The van der Waals surface area contributed by atoms with E-state index in [9.17, 15) is 9.59 Å². The molecule has 0 fully saturated rings. The van der Waals surface area contributed by atoms with Crippen LogP contribution >= 0.6 is 22.6 Å². The van der Waals surface area contributed by atoms with Gasteiger partial charge in [-0.15, -0.1) is 0 Å². The number of rotatable bonds is 8. The molecule has 1 N–H and O–H groups in total. The van der Waals surface area contributed by atoms with Gasteiger partial charge < -0.3 is 14.8 Å². The molecule has 122 valence electrons. The Labute approximate surface area is 144 Å². The predicted octanol–water partition coefficient (Wildman–Crippen LogP) is 3.45. The number of ether oxygens (including phenoxy) is 2. The highest BCUT2D eigenvalue weighted by Crippen LogP contribution is 2.13. The molecule has 1 aromatic rings. The van der Waals surface area contributed by atoms with Crippen molar-refractivity contribution < 1.29 is 19.1 Å². The SMILES string of the molecule is COC(=O)[C@@H](I)CCCC(C)NC(=O)OCc1ccccc1. The first-order chi connectivity index (χ1) is 10.5. The molecule has 1 unspecified atom stereocenters. The second kappa shape index (κ2) is 10.4. The standard InChI is InChI=1S/C16H22INO4/c1-12(7-6-10-14(17)15(19)21-2)18-16(20)22-11-13-8-4-3-5-9-13/h3-5,8-9,12,14H,6-7,10-11H2,1-2H3,(H,18,20)/t12?,14-/m0/s1. The van der Waals surface area contributed by atoms with Crippen molar-refractivity contribution >= 4 is 34.7 Å². The van der Waals surface area contributed by atoms with Gasteiger partial charge in [0.15, 0.2) is 0 Å². The van der Waals surface area contributed by atoms with E-state index in [2.05, 4.69) is 32.6 Å². The molecule has 0 aliphatic heterocycles. The van der Waals surface area contributed by atoms with E-state index in [0.717, 1.165) is 24.8 Å². The third-order valence-corrected chi connectivity index (χ3v) is 4.26. The number of amides is 1. The number of esters is 1. The molecule has 0 aliphatic rings. The number of methoxy groups -OCH3 is 1.